The molecule has 1 aliphatic rings. The quantitative estimate of drug-likeness (QED) is 0.592. The van der Waals surface area contributed by atoms with E-state index in [1.54, 1.807) is 0 Å². The summed E-state index contributed by atoms with van der Waals surface area (Å²) in [6.07, 6.45) is 2.13. The van der Waals surface area contributed by atoms with Crippen molar-refractivity contribution in [2.24, 2.45) is 11.8 Å². The Labute approximate surface area is 122 Å². The minimum atomic E-state index is -0.0720. The third-order valence-electron chi connectivity index (χ3n) is 3.46. The van der Waals surface area contributed by atoms with E-state index in [0.717, 1.165) is 26.0 Å². The molecular formula is C15H30N2O3. The Morgan fingerprint density at radius 3 is 2.80 bits per heavy atom. The summed E-state index contributed by atoms with van der Waals surface area (Å²) in [6, 6.07) is 0.150. The van der Waals surface area contributed by atoms with Gasteiger partial charge in [-0.15, -0.1) is 0 Å². The minimum Gasteiger partial charge on any atom is -0.380 e. The molecular weight excluding hydrogens is 256 g/mol. The number of ether oxygens (including phenoxy) is 2. The van der Waals surface area contributed by atoms with E-state index in [2.05, 4.69) is 31.4 Å². The zero-order valence-electron chi connectivity index (χ0n) is 13.1. The highest BCUT2D eigenvalue weighted by atomic mass is 16.5. The van der Waals surface area contributed by atoms with Crippen LogP contribution in [0.25, 0.3) is 0 Å². The zero-order valence-corrected chi connectivity index (χ0v) is 13.1. The highest BCUT2D eigenvalue weighted by Gasteiger charge is 2.33. The summed E-state index contributed by atoms with van der Waals surface area (Å²) < 4.78 is 10.9. The van der Waals surface area contributed by atoms with Gasteiger partial charge >= 0.3 is 0 Å². The Bertz CT molecular complexity index is 272. The molecule has 5 nitrogen and oxygen atoms in total. The number of nitrogens with one attached hydrogen (secondary N) is 2. The van der Waals surface area contributed by atoms with Gasteiger partial charge in [-0.25, -0.2) is 0 Å². The van der Waals surface area contributed by atoms with Gasteiger partial charge in [0.05, 0.1) is 25.7 Å². The van der Waals surface area contributed by atoms with Crippen molar-refractivity contribution in [2.75, 3.05) is 39.5 Å². The second-order valence-corrected chi connectivity index (χ2v) is 5.79. The molecule has 0 aromatic rings. The number of hydrogen-bond acceptors (Lipinski definition) is 4. The van der Waals surface area contributed by atoms with Gasteiger partial charge in [0.25, 0.3) is 0 Å². The van der Waals surface area contributed by atoms with Crippen molar-refractivity contribution >= 4 is 5.91 Å². The summed E-state index contributed by atoms with van der Waals surface area (Å²) in [5.41, 5.74) is 0. The molecule has 1 amide bonds. The topological polar surface area (TPSA) is 59.6 Å². The van der Waals surface area contributed by atoms with E-state index in [4.69, 9.17) is 9.47 Å². The molecule has 0 radical (unpaired) electrons. The van der Waals surface area contributed by atoms with Gasteiger partial charge in [0.15, 0.2) is 0 Å². The van der Waals surface area contributed by atoms with Crippen LogP contribution in [-0.2, 0) is 14.3 Å². The molecule has 0 aliphatic carbocycles. The molecule has 2 N–H and O–H groups in total. The summed E-state index contributed by atoms with van der Waals surface area (Å²) >= 11 is 0. The zero-order chi connectivity index (χ0) is 14.8. The van der Waals surface area contributed by atoms with Crippen LogP contribution in [-0.4, -0.2) is 51.5 Å². The number of rotatable bonds is 10. The third-order valence-corrected chi connectivity index (χ3v) is 3.46. The van der Waals surface area contributed by atoms with Crippen LogP contribution in [0.1, 0.15) is 33.6 Å². The second kappa shape index (κ2) is 10.1. The first-order chi connectivity index (χ1) is 9.65. The predicted octanol–water partition coefficient (Wildman–Crippen LogP) is 1.18. The van der Waals surface area contributed by atoms with Crippen LogP contribution in [0.5, 0.6) is 0 Å². The Balaban J connectivity index is 2.12. The van der Waals surface area contributed by atoms with Crippen molar-refractivity contribution in [3.05, 3.63) is 0 Å². The molecule has 118 valence electrons. The highest BCUT2D eigenvalue weighted by molar-refractivity contribution is 5.79. The molecule has 1 rings (SSSR count). The lowest BCUT2D eigenvalue weighted by Gasteiger charge is -2.18. The largest absolute Gasteiger partial charge is 0.380 e. The standard InChI is InChI=1S/C15H30N2O3/c1-4-6-16-14-11-20-10-13(14)15(18)17-7-9-19-8-5-12(2)3/h12-14,16H,4-11H2,1-3H3,(H,17,18). The molecule has 1 aliphatic heterocycles. The van der Waals surface area contributed by atoms with Crippen LogP contribution < -0.4 is 10.6 Å². The van der Waals surface area contributed by atoms with Crippen molar-refractivity contribution in [2.45, 2.75) is 39.7 Å². The number of carbonyl (C=O) groups excluding carboxylic acids is 1. The van der Waals surface area contributed by atoms with Gasteiger partial charge in [0.2, 0.25) is 5.91 Å². The SMILES string of the molecule is CCCNC1COCC1C(=O)NCCOCCC(C)C. The monoisotopic (exact) mass is 286 g/mol. The number of amides is 1. The molecule has 0 saturated carbocycles. The third kappa shape index (κ3) is 6.68. The van der Waals surface area contributed by atoms with Crippen molar-refractivity contribution in [1.82, 2.24) is 10.6 Å². The highest BCUT2D eigenvalue weighted by Crippen LogP contribution is 2.13. The van der Waals surface area contributed by atoms with Gasteiger partial charge in [0.1, 0.15) is 0 Å². The summed E-state index contributed by atoms with van der Waals surface area (Å²) in [5, 5.41) is 6.30. The molecule has 20 heavy (non-hydrogen) atoms. The van der Waals surface area contributed by atoms with Crippen LogP contribution in [0.15, 0.2) is 0 Å². The number of carbonyl (C=O) groups is 1. The van der Waals surface area contributed by atoms with Crippen LogP contribution in [0.4, 0.5) is 0 Å². The maximum Gasteiger partial charge on any atom is 0.227 e. The average molecular weight is 286 g/mol. The summed E-state index contributed by atoms with van der Waals surface area (Å²) in [7, 11) is 0. The molecule has 2 atom stereocenters. The molecule has 1 heterocycles. The van der Waals surface area contributed by atoms with Gasteiger partial charge in [-0.2, -0.15) is 0 Å². The predicted molar refractivity (Wildman–Crippen MR) is 79.7 cm³/mol. The Kier molecular flexibility index (Phi) is 8.82. The van der Waals surface area contributed by atoms with Gasteiger partial charge < -0.3 is 20.1 Å². The van der Waals surface area contributed by atoms with E-state index in [-0.39, 0.29) is 17.9 Å². The van der Waals surface area contributed by atoms with Crippen LogP contribution in [0.2, 0.25) is 0 Å². The summed E-state index contributed by atoms with van der Waals surface area (Å²) in [5.74, 6) is 0.659. The van der Waals surface area contributed by atoms with Crippen LogP contribution in [0, 0.1) is 11.8 Å². The van der Waals surface area contributed by atoms with E-state index in [0.29, 0.717) is 32.3 Å². The van der Waals surface area contributed by atoms with E-state index >= 15 is 0 Å². The fourth-order valence-corrected chi connectivity index (χ4v) is 2.14. The molecule has 1 saturated heterocycles. The van der Waals surface area contributed by atoms with Crippen molar-refractivity contribution < 1.29 is 14.3 Å². The molecule has 0 aromatic heterocycles. The fourth-order valence-electron chi connectivity index (χ4n) is 2.14. The normalized spacial score (nSPS) is 22.4. The van der Waals surface area contributed by atoms with E-state index in [1.165, 1.54) is 0 Å². The lowest BCUT2D eigenvalue weighted by atomic mass is 10.0. The van der Waals surface area contributed by atoms with Gasteiger partial charge in [0, 0.05) is 19.2 Å². The van der Waals surface area contributed by atoms with E-state index in [1.807, 2.05) is 0 Å². The van der Waals surface area contributed by atoms with E-state index < -0.39 is 0 Å². The fraction of sp³-hybridized carbons (Fsp3) is 0.933. The average Bonchev–Trinajstić information content (AvgIpc) is 2.88. The lowest BCUT2D eigenvalue weighted by Crippen LogP contribution is -2.44. The summed E-state index contributed by atoms with van der Waals surface area (Å²) in [6.45, 7) is 10.5. The maximum absolute atomic E-state index is 12.1. The van der Waals surface area contributed by atoms with Crippen LogP contribution >= 0.6 is 0 Å². The molecule has 2 unspecified atom stereocenters. The lowest BCUT2D eigenvalue weighted by molar-refractivity contribution is -0.125. The van der Waals surface area contributed by atoms with Crippen molar-refractivity contribution in [3.63, 3.8) is 0 Å². The molecule has 5 heteroatoms. The number of hydrogen-bond donors (Lipinski definition) is 2. The van der Waals surface area contributed by atoms with Crippen molar-refractivity contribution in [3.8, 4) is 0 Å². The first-order valence-electron chi connectivity index (χ1n) is 7.81. The maximum atomic E-state index is 12.1. The minimum absolute atomic E-state index is 0.0720. The Hall–Kier alpha value is -0.650. The van der Waals surface area contributed by atoms with Gasteiger partial charge in [-0.05, 0) is 25.3 Å². The molecule has 0 spiro atoms. The first-order valence-corrected chi connectivity index (χ1v) is 7.81. The Morgan fingerprint density at radius 1 is 1.30 bits per heavy atom. The second-order valence-electron chi connectivity index (χ2n) is 5.79. The molecule has 1 fully saturated rings. The Morgan fingerprint density at radius 2 is 2.10 bits per heavy atom. The first kappa shape index (κ1) is 17.4. The van der Waals surface area contributed by atoms with Gasteiger partial charge in [-0.1, -0.05) is 20.8 Å². The van der Waals surface area contributed by atoms with Crippen LogP contribution in [0.3, 0.4) is 0 Å². The van der Waals surface area contributed by atoms with E-state index in [9.17, 15) is 4.79 Å². The molecule has 0 aromatic carbocycles. The summed E-state index contributed by atoms with van der Waals surface area (Å²) in [4.78, 5) is 12.1. The molecule has 0 bridgehead atoms. The van der Waals surface area contributed by atoms with Crippen molar-refractivity contribution in [1.29, 1.82) is 0 Å². The smallest absolute Gasteiger partial charge is 0.227 e. The van der Waals surface area contributed by atoms with Gasteiger partial charge in [-0.3, -0.25) is 4.79 Å².